The van der Waals surface area contributed by atoms with Crippen LogP contribution < -0.4 is 10.2 Å². The molecular formula is C20H25N3O4S. The number of nitrogens with zero attached hydrogens (tertiary/aromatic N) is 2. The van der Waals surface area contributed by atoms with Crippen molar-refractivity contribution in [2.75, 3.05) is 31.2 Å². The Balaban J connectivity index is 1.82. The molecule has 1 unspecified atom stereocenters. The van der Waals surface area contributed by atoms with Crippen molar-refractivity contribution >= 4 is 34.6 Å². The van der Waals surface area contributed by atoms with Crippen LogP contribution in [0.25, 0.3) is 0 Å². The number of carbonyl (C=O) groups excluding carboxylic acids is 2. The summed E-state index contributed by atoms with van der Waals surface area (Å²) < 4.78 is 9.95. The van der Waals surface area contributed by atoms with Gasteiger partial charge in [-0.2, -0.15) is 0 Å². The summed E-state index contributed by atoms with van der Waals surface area (Å²) in [7, 11) is 0. The molecule has 2 aliphatic heterocycles. The van der Waals surface area contributed by atoms with E-state index in [9.17, 15) is 9.59 Å². The summed E-state index contributed by atoms with van der Waals surface area (Å²) in [5.41, 5.74) is 2.11. The van der Waals surface area contributed by atoms with Gasteiger partial charge in [-0.05, 0) is 50.6 Å². The van der Waals surface area contributed by atoms with E-state index < -0.39 is 11.9 Å². The first-order chi connectivity index (χ1) is 13.6. The summed E-state index contributed by atoms with van der Waals surface area (Å²) in [6, 6.07) is 6.05. The molecule has 7 nitrogen and oxygen atoms in total. The predicted octanol–water partition coefficient (Wildman–Crippen LogP) is 3.02. The van der Waals surface area contributed by atoms with Crippen LogP contribution in [0.2, 0.25) is 0 Å². The van der Waals surface area contributed by atoms with E-state index in [0.29, 0.717) is 0 Å². The fourth-order valence-corrected chi connectivity index (χ4v) is 4.39. The minimum atomic E-state index is -0.695. The minimum Gasteiger partial charge on any atom is -0.462 e. The molecule has 0 radical (unpaired) electrons. The average Bonchev–Trinajstić information content (AvgIpc) is 3.07. The zero-order valence-corrected chi connectivity index (χ0v) is 17.2. The van der Waals surface area contributed by atoms with Gasteiger partial charge in [0, 0.05) is 30.2 Å². The molecule has 1 aromatic carbocycles. The molecule has 0 saturated heterocycles. The normalized spacial score (nSPS) is 15.7. The van der Waals surface area contributed by atoms with Gasteiger partial charge in [0.2, 0.25) is 0 Å². The lowest BCUT2D eigenvalue weighted by Gasteiger charge is -2.22. The van der Waals surface area contributed by atoms with Crippen molar-refractivity contribution in [3.8, 4) is 0 Å². The number of esters is 2. The first-order valence-electron chi connectivity index (χ1n) is 9.50. The lowest BCUT2D eigenvalue weighted by Crippen LogP contribution is -2.30. The molecule has 0 aromatic heterocycles. The molecule has 0 saturated carbocycles. The van der Waals surface area contributed by atoms with Gasteiger partial charge in [-0.15, -0.1) is 0 Å². The largest absolute Gasteiger partial charge is 0.462 e. The van der Waals surface area contributed by atoms with Gasteiger partial charge in [0.1, 0.15) is 0 Å². The van der Waals surface area contributed by atoms with E-state index in [0.717, 1.165) is 40.8 Å². The molecule has 0 amide bonds. The van der Waals surface area contributed by atoms with Crippen LogP contribution in [0, 0.1) is 0 Å². The van der Waals surface area contributed by atoms with Gasteiger partial charge in [0.05, 0.1) is 18.9 Å². The second kappa shape index (κ2) is 9.14. The minimum absolute atomic E-state index is 0.122. The van der Waals surface area contributed by atoms with Crippen LogP contribution in [0.3, 0.4) is 0 Å². The Hall–Kier alpha value is -2.48. The first kappa shape index (κ1) is 20.3. The van der Waals surface area contributed by atoms with E-state index in [-0.39, 0.29) is 24.8 Å². The van der Waals surface area contributed by atoms with Gasteiger partial charge in [-0.25, -0.2) is 9.59 Å². The Morgan fingerprint density at radius 3 is 2.68 bits per heavy atom. The molecular weight excluding hydrogens is 378 g/mol. The summed E-state index contributed by atoms with van der Waals surface area (Å²) in [5.74, 6) is -1.39. The van der Waals surface area contributed by atoms with Gasteiger partial charge < -0.3 is 19.7 Å². The summed E-state index contributed by atoms with van der Waals surface area (Å²) >= 11 is 1.67. The number of benzene rings is 1. The van der Waals surface area contributed by atoms with Crippen molar-refractivity contribution < 1.29 is 19.1 Å². The van der Waals surface area contributed by atoms with Crippen LogP contribution in [0.15, 0.2) is 39.9 Å². The van der Waals surface area contributed by atoms with E-state index in [1.54, 1.807) is 25.6 Å². The smallest absolute Gasteiger partial charge is 0.347 e. The summed E-state index contributed by atoms with van der Waals surface area (Å²) in [6.45, 7) is 7.58. The van der Waals surface area contributed by atoms with Crippen molar-refractivity contribution in [1.29, 1.82) is 0 Å². The highest BCUT2D eigenvalue weighted by molar-refractivity contribution is 8.14. The van der Waals surface area contributed by atoms with E-state index in [1.165, 1.54) is 6.20 Å². The molecule has 0 bridgehead atoms. The Morgan fingerprint density at radius 2 is 2.00 bits per heavy atom. The highest BCUT2D eigenvalue weighted by atomic mass is 32.2. The maximum absolute atomic E-state index is 12.1. The standard InChI is InChI=1S/C20H25N3O4S/c1-4-26-18(24)15(19(25)27-5-2)12-22-13(3)14-8-6-9-16-17(14)28-20-21-10-7-11-23(16)20/h6,8-9,12-13,22H,4-5,7,10-11H2,1-3H3. The van der Waals surface area contributed by atoms with Gasteiger partial charge in [-0.1, -0.05) is 12.1 Å². The van der Waals surface area contributed by atoms with Crippen molar-refractivity contribution in [2.24, 2.45) is 4.99 Å². The zero-order chi connectivity index (χ0) is 20.1. The number of aliphatic imine (C=N–C) groups is 1. The molecule has 2 heterocycles. The molecule has 0 aliphatic carbocycles. The molecule has 2 aliphatic rings. The highest BCUT2D eigenvalue weighted by Crippen LogP contribution is 2.45. The topological polar surface area (TPSA) is 80.2 Å². The Bertz CT molecular complexity index is 802. The third kappa shape index (κ3) is 4.16. The van der Waals surface area contributed by atoms with E-state index in [4.69, 9.17) is 9.47 Å². The van der Waals surface area contributed by atoms with Crippen molar-refractivity contribution in [3.63, 3.8) is 0 Å². The number of ether oxygens (including phenoxy) is 2. The Labute approximate surface area is 169 Å². The first-order valence-corrected chi connectivity index (χ1v) is 10.3. The van der Waals surface area contributed by atoms with E-state index >= 15 is 0 Å². The Kier molecular flexibility index (Phi) is 6.61. The number of hydrogen-bond donors (Lipinski definition) is 1. The molecule has 0 spiro atoms. The number of hydrogen-bond acceptors (Lipinski definition) is 8. The van der Waals surface area contributed by atoms with Crippen LogP contribution in [-0.4, -0.2) is 43.4 Å². The third-order valence-electron chi connectivity index (χ3n) is 4.46. The van der Waals surface area contributed by atoms with Gasteiger partial charge in [-0.3, -0.25) is 4.99 Å². The zero-order valence-electron chi connectivity index (χ0n) is 16.4. The average molecular weight is 404 g/mol. The third-order valence-corrected chi connectivity index (χ3v) is 5.64. The maximum atomic E-state index is 12.1. The number of nitrogens with one attached hydrogen (secondary N) is 1. The van der Waals surface area contributed by atoms with Crippen LogP contribution in [0.5, 0.6) is 0 Å². The number of anilines is 1. The van der Waals surface area contributed by atoms with E-state index in [2.05, 4.69) is 21.3 Å². The van der Waals surface area contributed by atoms with Crippen molar-refractivity contribution in [1.82, 2.24) is 5.32 Å². The molecule has 0 fully saturated rings. The van der Waals surface area contributed by atoms with E-state index in [1.807, 2.05) is 19.1 Å². The SMILES string of the molecule is CCOC(=O)C(=CNC(C)c1cccc2c1SC1=NCCCN12)C(=O)OCC. The monoisotopic (exact) mass is 403 g/mol. The summed E-state index contributed by atoms with van der Waals surface area (Å²) in [4.78, 5) is 32.2. The van der Waals surface area contributed by atoms with Crippen LogP contribution in [0.1, 0.15) is 38.8 Å². The predicted molar refractivity (Wildman–Crippen MR) is 109 cm³/mol. The number of rotatable bonds is 7. The molecule has 1 aromatic rings. The van der Waals surface area contributed by atoms with Crippen molar-refractivity contribution in [3.05, 3.63) is 35.5 Å². The molecule has 150 valence electrons. The highest BCUT2D eigenvalue weighted by Gasteiger charge is 2.31. The fraction of sp³-hybridized carbons (Fsp3) is 0.450. The number of carbonyl (C=O) groups is 2. The van der Waals surface area contributed by atoms with Crippen molar-refractivity contribution in [2.45, 2.75) is 38.1 Å². The molecule has 3 rings (SSSR count). The van der Waals surface area contributed by atoms with Gasteiger partial charge in [0.25, 0.3) is 0 Å². The molecule has 1 atom stereocenters. The van der Waals surface area contributed by atoms with Gasteiger partial charge in [0.15, 0.2) is 10.7 Å². The second-order valence-electron chi connectivity index (χ2n) is 6.35. The fourth-order valence-electron chi connectivity index (χ4n) is 3.11. The second-order valence-corrected chi connectivity index (χ2v) is 7.33. The number of amidine groups is 1. The van der Waals surface area contributed by atoms with Crippen LogP contribution in [0.4, 0.5) is 5.69 Å². The number of thioether (sulfide) groups is 1. The summed E-state index contributed by atoms with van der Waals surface area (Å²) in [5, 5.41) is 4.19. The Morgan fingerprint density at radius 1 is 1.29 bits per heavy atom. The summed E-state index contributed by atoms with van der Waals surface area (Å²) in [6.07, 6.45) is 2.44. The molecule has 1 N–H and O–H groups in total. The number of fused-ring (bicyclic) bond motifs is 3. The van der Waals surface area contributed by atoms with Crippen LogP contribution in [-0.2, 0) is 19.1 Å². The quantitative estimate of drug-likeness (QED) is 0.324. The molecule has 8 heteroatoms. The van der Waals surface area contributed by atoms with Gasteiger partial charge >= 0.3 is 11.9 Å². The molecule has 28 heavy (non-hydrogen) atoms. The van der Waals surface area contributed by atoms with Crippen LogP contribution >= 0.6 is 11.8 Å². The lowest BCUT2D eigenvalue weighted by molar-refractivity contribution is -0.146. The lowest BCUT2D eigenvalue weighted by atomic mass is 10.1. The maximum Gasteiger partial charge on any atom is 0.347 e.